The quantitative estimate of drug-likeness (QED) is 0.459. The lowest BCUT2D eigenvalue weighted by molar-refractivity contribution is 0.600. The monoisotopic (exact) mass is 425 g/mol. The maximum absolute atomic E-state index is 12.6. The number of benzene rings is 3. The minimum absolute atomic E-state index is 0.115. The SMILES string of the molecule is C[C@@H](c1ccccc1)n1cnc2cc(NS(=O)(=O)Cc3ccccc3Cl)ccc21. The first-order valence-corrected chi connectivity index (χ1v) is 11.2. The van der Waals surface area contributed by atoms with Crippen LogP contribution in [0.15, 0.2) is 79.1 Å². The standard InChI is InChI=1S/C22H20ClN3O2S/c1-16(17-7-3-2-4-8-17)26-15-24-21-13-19(11-12-22(21)26)25-29(27,28)14-18-9-5-6-10-20(18)23/h2-13,15-16,25H,14H2,1H3/t16-/m0/s1. The molecule has 1 N–H and O–H groups in total. The van der Waals surface area contributed by atoms with Gasteiger partial charge < -0.3 is 4.57 Å². The number of hydrogen-bond acceptors (Lipinski definition) is 3. The van der Waals surface area contributed by atoms with Crippen molar-refractivity contribution in [2.45, 2.75) is 18.7 Å². The van der Waals surface area contributed by atoms with E-state index in [1.165, 1.54) is 5.56 Å². The van der Waals surface area contributed by atoms with Gasteiger partial charge in [-0.25, -0.2) is 13.4 Å². The molecule has 0 aliphatic carbocycles. The Labute approximate surface area is 175 Å². The molecule has 148 valence electrons. The summed E-state index contributed by atoms with van der Waals surface area (Å²) in [6.45, 7) is 2.11. The molecule has 29 heavy (non-hydrogen) atoms. The van der Waals surface area contributed by atoms with Gasteiger partial charge in [0.1, 0.15) is 0 Å². The molecular formula is C22H20ClN3O2S. The van der Waals surface area contributed by atoms with Crippen LogP contribution in [-0.4, -0.2) is 18.0 Å². The van der Waals surface area contributed by atoms with E-state index < -0.39 is 10.0 Å². The molecule has 0 fully saturated rings. The summed E-state index contributed by atoms with van der Waals surface area (Å²) in [5.74, 6) is -0.190. The van der Waals surface area contributed by atoms with Gasteiger partial charge in [-0.3, -0.25) is 4.72 Å². The van der Waals surface area contributed by atoms with Crippen molar-refractivity contribution in [3.8, 4) is 0 Å². The highest BCUT2D eigenvalue weighted by Crippen LogP contribution is 2.26. The number of nitrogens with zero attached hydrogens (tertiary/aromatic N) is 2. The van der Waals surface area contributed by atoms with Crippen molar-refractivity contribution in [3.63, 3.8) is 0 Å². The van der Waals surface area contributed by atoms with Crippen LogP contribution in [0.1, 0.15) is 24.1 Å². The summed E-state index contributed by atoms with van der Waals surface area (Å²) < 4.78 is 29.8. The number of aromatic nitrogens is 2. The van der Waals surface area contributed by atoms with Crippen LogP contribution in [0.25, 0.3) is 11.0 Å². The first-order valence-electron chi connectivity index (χ1n) is 9.18. The zero-order chi connectivity index (χ0) is 20.4. The summed E-state index contributed by atoms with van der Waals surface area (Å²) in [6, 6.07) is 22.6. The van der Waals surface area contributed by atoms with Gasteiger partial charge in [-0.15, -0.1) is 0 Å². The Morgan fingerprint density at radius 3 is 2.52 bits per heavy atom. The Morgan fingerprint density at radius 1 is 1.03 bits per heavy atom. The fraction of sp³-hybridized carbons (Fsp3) is 0.136. The highest BCUT2D eigenvalue weighted by atomic mass is 35.5. The summed E-state index contributed by atoms with van der Waals surface area (Å²) in [5.41, 5.74) is 3.88. The number of halogens is 1. The van der Waals surface area contributed by atoms with Gasteiger partial charge in [-0.05, 0) is 42.3 Å². The molecule has 4 aromatic rings. The van der Waals surface area contributed by atoms with Crippen molar-refractivity contribution in [2.24, 2.45) is 0 Å². The highest BCUT2D eigenvalue weighted by Gasteiger charge is 2.16. The van der Waals surface area contributed by atoms with E-state index in [4.69, 9.17) is 11.6 Å². The zero-order valence-corrected chi connectivity index (χ0v) is 17.4. The van der Waals surface area contributed by atoms with Crippen LogP contribution in [0.4, 0.5) is 5.69 Å². The van der Waals surface area contributed by atoms with Gasteiger partial charge in [0.15, 0.2) is 0 Å². The van der Waals surface area contributed by atoms with E-state index in [1.54, 1.807) is 42.7 Å². The second-order valence-corrected chi connectivity index (χ2v) is 9.02. The van der Waals surface area contributed by atoms with E-state index in [0.29, 0.717) is 16.3 Å². The third-order valence-electron chi connectivity index (χ3n) is 4.85. The van der Waals surface area contributed by atoms with E-state index >= 15 is 0 Å². The van der Waals surface area contributed by atoms with Gasteiger partial charge in [0.05, 0.1) is 34.8 Å². The predicted molar refractivity (Wildman–Crippen MR) is 118 cm³/mol. The number of anilines is 1. The number of rotatable bonds is 6. The summed E-state index contributed by atoms with van der Waals surface area (Å²) >= 11 is 6.09. The second kappa shape index (κ2) is 7.89. The molecule has 0 saturated heterocycles. The first kappa shape index (κ1) is 19.5. The highest BCUT2D eigenvalue weighted by molar-refractivity contribution is 7.91. The van der Waals surface area contributed by atoms with Crippen LogP contribution >= 0.6 is 11.6 Å². The number of imidazole rings is 1. The van der Waals surface area contributed by atoms with Crippen LogP contribution in [-0.2, 0) is 15.8 Å². The summed E-state index contributed by atoms with van der Waals surface area (Å²) in [7, 11) is -3.60. The van der Waals surface area contributed by atoms with Gasteiger partial charge >= 0.3 is 0 Å². The van der Waals surface area contributed by atoms with Crippen LogP contribution in [0.2, 0.25) is 5.02 Å². The van der Waals surface area contributed by atoms with Crippen molar-refractivity contribution in [1.82, 2.24) is 9.55 Å². The molecular weight excluding hydrogens is 406 g/mol. The Balaban J connectivity index is 1.58. The van der Waals surface area contributed by atoms with Gasteiger partial charge in [0.25, 0.3) is 0 Å². The van der Waals surface area contributed by atoms with Crippen molar-refractivity contribution in [3.05, 3.63) is 95.3 Å². The van der Waals surface area contributed by atoms with Crippen LogP contribution in [0, 0.1) is 0 Å². The molecule has 0 amide bonds. The molecule has 1 atom stereocenters. The molecule has 1 heterocycles. The third-order valence-corrected chi connectivity index (χ3v) is 6.46. The second-order valence-electron chi connectivity index (χ2n) is 6.89. The van der Waals surface area contributed by atoms with E-state index in [1.807, 2.05) is 24.3 Å². The maximum atomic E-state index is 12.6. The number of fused-ring (bicyclic) bond motifs is 1. The lowest BCUT2D eigenvalue weighted by Gasteiger charge is -2.15. The predicted octanol–water partition coefficient (Wildman–Crippen LogP) is 5.24. The number of nitrogens with one attached hydrogen (secondary N) is 1. The van der Waals surface area contributed by atoms with Gasteiger partial charge in [-0.1, -0.05) is 60.1 Å². The Hall–Kier alpha value is -2.83. The summed E-state index contributed by atoms with van der Waals surface area (Å²) in [5, 5.41) is 0.432. The Morgan fingerprint density at radius 2 is 1.76 bits per heavy atom. The van der Waals surface area contributed by atoms with Crippen molar-refractivity contribution in [1.29, 1.82) is 0 Å². The van der Waals surface area contributed by atoms with E-state index in [9.17, 15) is 8.42 Å². The minimum atomic E-state index is -3.60. The lowest BCUT2D eigenvalue weighted by atomic mass is 10.1. The molecule has 5 nitrogen and oxygen atoms in total. The minimum Gasteiger partial charge on any atom is -0.323 e. The topological polar surface area (TPSA) is 64.0 Å². The van der Waals surface area contributed by atoms with Crippen molar-refractivity contribution < 1.29 is 8.42 Å². The molecule has 3 aromatic carbocycles. The molecule has 0 saturated carbocycles. The van der Waals surface area contributed by atoms with Crippen LogP contribution in [0.3, 0.4) is 0 Å². The molecule has 0 spiro atoms. The summed E-state index contributed by atoms with van der Waals surface area (Å²) in [6.07, 6.45) is 1.78. The first-order chi connectivity index (χ1) is 13.9. The average Bonchev–Trinajstić information content (AvgIpc) is 3.12. The Kier molecular flexibility index (Phi) is 5.30. The Bertz CT molecular complexity index is 1250. The van der Waals surface area contributed by atoms with Crippen molar-refractivity contribution >= 4 is 38.3 Å². The molecule has 7 heteroatoms. The van der Waals surface area contributed by atoms with Crippen LogP contribution < -0.4 is 4.72 Å². The van der Waals surface area contributed by atoms with E-state index in [-0.39, 0.29) is 11.8 Å². The maximum Gasteiger partial charge on any atom is 0.236 e. The third kappa shape index (κ3) is 4.28. The molecule has 0 aliphatic rings. The number of sulfonamides is 1. The molecule has 0 radical (unpaired) electrons. The molecule has 0 aliphatic heterocycles. The molecule has 4 rings (SSSR count). The van der Waals surface area contributed by atoms with Gasteiger partial charge in [0, 0.05) is 5.02 Å². The van der Waals surface area contributed by atoms with Gasteiger partial charge in [-0.2, -0.15) is 0 Å². The fourth-order valence-corrected chi connectivity index (χ4v) is 4.83. The fourth-order valence-electron chi connectivity index (χ4n) is 3.33. The van der Waals surface area contributed by atoms with Crippen molar-refractivity contribution in [2.75, 3.05) is 4.72 Å². The summed E-state index contributed by atoms with van der Waals surface area (Å²) in [4.78, 5) is 4.46. The molecule has 1 aromatic heterocycles. The van der Waals surface area contributed by atoms with E-state index in [2.05, 4.69) is 33.3 Å². The van der Waals surface area contributed by atoms with Crippen LogP contribution in [0.5, 0.6) is 0 Å². The normalized spacial score (nSPS) is 12.8. The lowest BCUT2D eigenvalue weighted by Crippen LogP contribution is -2.15. The molecule has 0 bridgehead atoms. The smallest absolute Gasteiger partial charge is 0.236 e. The molecule has 0 unspecified atom stereocenters. The number of hydrogen-bond donors (Lipinski definition) is 1. The van der Waals surface area contributed by atoms with E-state index in [0.717, 1.165) is 11.0 Å². The average molecular weight is 426 g/mol. The zero-order valence-electron chi connectivity index (χ0n) is 15.8. The van der Waals surface area contributed by atoms with Gasteiger partial charge in [0.2, 0.25) is 10.0 Å². The largest absolute Gasteiger partial charge is 0.323 e.